The molecule has 1 amide bonds. The predicted octanol–water partition coefficient (Wildman–Crippen LogP) is 1.48. The third-order valence-electron chi connectivity index (χ3n) is 5.72. The zero-order chi connectivity index (χ0) is 23.6. The lowest BCUT2D eigenvalue weighted by molar-refractivity contribution is -0.142. The van der Waals surface area contributed by atoms with E-state index in [9.17, 15) is 22.8 Å². The molecule has 2 aromatic rings. The van der Waals surface area contributed by atoms with Crippen molar-refractivity contribution in [3.05, 3.63) is 65.2 Å². The topological polar surface area (TPSA) is 110 Å². The van der Waals surface area contributed by atoms with E-state index in [1.54, 1.807) is 25.1 Å². The maximum Gasteiger partial charge on any atom is 0.339 e. The molecule has 10 heteroatoms. The fraction of sp³-hybridized carbons (Fsp3) is 0.348. The van der Waals surface area contributed by atoms with Gasteiger partial charge in [-0.3, -0.25) is 4.79 Å². The summed E-state index contributed by atoms with van der Waals surface area (Å²) in [6.07, 6.45) is -0.613. The van der Waals surface area contributed by atoms with Gasteiger partial charge in [0, 0.05) is 32.6 Å². The molecule has 9 nitrogen and oxygen atoms in total. The fourth-order valence-electron chi connectivity index (χ4n) is 3.95. The van der Waals surface area contributed by atoms with Crippen molar-refractivity contribution in [1.29, 1.82) is 0 Å². The van der Waals surface area contributed by atoms with Gasteiger partial charge in [-0.25, -0.2) is 18.0 Å². The van der Waals surface area contributed by atoms with E-state index in [-0.39, 0.29) is 49.2 Å². The first-order valence-corrected chi connectivity index (χ1v) is 12.1. The maximum atomic E-state index is 13.0. The number of rotatable bonds is 5. The number of benzene rings is 2. The molecule has 174 valence electrons. The van der Waals surface area contributed by atoms with Crippen molar-refractivity contribution < 1.29 is 32.3 Å². The number of cyclic esters (lactones) is 1. The lowest BCUT2D eigenvalue weighted by Crippen LogP contribution is -2.54. The van der Waals surface area contributed by atoms with Crippen LogP contribution in [0.1, 0.15) is 33.2 Å². The van der Waals surface area contributed by atoms with Gasteiger partial charge in [0.25, 0.3) is 5.91 Å². The number of piperazine rings is 1. The highest BCUT2D eigenvalue weighted by Crippen LogP contribution is 2.23. The molecule has 33 heavy (non-hydrogen) atoms. The van der Waals surface area contributed by atoms with Gasteiger partial charge in [0.1, 0.15) is 0 Å². The van der Waals surface area contributed by atoms with Crippen molar-refractivity contribution in [1.82, 2.24) is 9.21 Å². The molecular weight excluding hydrogens is 448 g/mol. The molecule has 1 fully saturated rings. The van der Waals surface area contributed by atoms with Gasteiger partial charge in [-0.05, 0) is 42.8 Å². The van der Waals surface area contributed by atoms with Crippen LogP contribution in [0.4, 0.5) is 0 Å². The van der Waals surface area contributed by atoms with Crippen LogP contribution in [-0.2, 0) is 30.7 Å². The first kappa shape index (κ1) is 22.9. The molecule has 2 aliphatic rings. The molecule has 0 radical (unpaired) electrons. The number of sulfonamides is 1. The van der Waals surface area contributed by atoms with E-state index in [0.717, 1.165) is 5.56 Å². The number of ether oxygens (including phenoxy) is 2. The predicted molar refractivity (Wildman–Crippen MR) is 117 cm³/mol. The third-order valence-corrected chi connectivity index (χ3v) is 7.63. The van der Waals surface area contributed by atoms with Crippen LogP contribution in [0.2, 0.25) is 0 Å². The summed E-state index contributed by atoms with van der Waals surface area (Å²) < 4.78 is 37.5. The lowest BCUT2D eigenvalue weighted by Gasteiger charge is -2.36. The van der Waals surface area contributed by atoms with E-state index in [0.29, 0.717) is 12.0 Å². The van der Waals surface area contributed by atoms with E-state index < -0.39 is 28.1 Å². The smallest absolute Gasteiger partial charge is 0.339 e. The van der Waals surface area contributed by atoms with Gasteiger partial charge >= 0.3 is 11.9 Å². The summed E-state index contributed by atoms with van der Waals surface area (Å²) in [5.74, 6) is -1.36. The second kappa shape index (κ2) is 9.32. The Bertz CT molecular complexity index is 1170. The average molecular weight is 473 g/mol. The van der Waals surface area contributed by atoms with Gasteiger partial charge in [0.15, 0.2) is 6.10 Å². The standard InChI is InChI=1S/C23H24N2O7S/c1-2-31-22(27)16-7-9-18(10-8-16)33(29,30)25-13-11-24(12-14-25)21(26)20-15-17-5-3-4-6-19(17)23(28)32-20/h3-10,20H,2,11-15H2,1H3/t20-/m0/s1. The van der Waals surface area contributed by atoms with E-state index in [4.69, 9.17) is 9.47 Å². The van der Waals surface area contributed by atoms with Crippen LogP contribution in [0.25, 0.3) is 0 Å². The molecule has 1 saturated heterocycles. The van der Waals surface area contributed by atoms with Gasteiger partial charge in [0.2, 0.25) is 10.0 Å². The fourth-order valence-corrected chi connectivity index (χ4v) is 5.37. The first-order valence-electron chi connectivity index (χ1n) is 10.7. The Morgan fingerprint density at radius 1 is 1.03 bits per heavy atom. The average Bonchev–Trinajstić information content (AvgIpc) is 2.84. The Labute approximate surface area is 191 Å². The first-order chi connectivity index (χ1) is 15.8. The quantitative estimate of drug-likeness (QED) is 0.606. The molecule has 0 aliphatic carbocycles. The Balaban J connectivity index is 1.39. The highest BCUT2D eigenvalue weighted by atomic mass is 32.2. The summed E-state index contributed by atoms with van der Waals surface area (Å²) >= 11 is 0. The summed E-state index contributed by atoms with van der Waals surface area (Å²) in [5.41, 5.74) is 1.50. The Hall–Kier alpha value is -3.24. The minimum Gasteiger partial charge on any atom is -0.462 e. The molecule has 1 atom stereocenters. The van der Waals surface area contributed by atoms with Gasteiger partial charge in [-0.1, -0.05) is 18.2 Å². The minimum absolute atomic E-state index is 0.0631. The zero-order valence-electron chi connectivity index (χ0n) is 18.1. The molecule has 0 aromatic heterocycles. The zero-order valence-corrected chi connectivity index (χ0v) is 18.9. The number of carbonyl (C=O) groups excluding carboxylic acids is 3. The molecule has 0 spiro atoms. The number of fused-ring (bicyclic) bond motifs is 1. The molecule has 0 N–H and O–H groups in total. The van der Waals surface area contributed by atoms with Crippen LogP contribution >= 0.6 is 0 Å². The molecular formula is C23H24N2O7S. The van der Waals surface area contributed by atoms with Crippen molar-refractivity contribution in [2.75, 3.05) is 32.8 Å². The number of amides is 1. The number of carbonyl (C=O) groups is 3. The van der Waals surface area contributed by atoms with E-state index in [1.165, 1.54) is 33.5 Å². The lowest BCUT2D eigenvalue weighted by atomic mass is 9.98. The molecule has 0 bridgehead atoms. The second-order valence-electron chi connectivity index (χ2n) is 7.73. The highest BCUT2D eigenvalue weighted by molar-refractivity contribution is 7.89. The Kier molecular flexibility index (Phi) is 6.48. The monoisotopic (exact) mass is 472 g/mol. The Morgan fingerprint density at radius 2 is 1.70 bits per heavy atom. The molecule has 4 rings (SSSR count). The molecule has 2 aromatic carbocycles. The van der Waals surface area contributed by atoms with Crippen LogP contribution in [0.5, 0.6) is 0 Å². The normalized spacial score (nSPS) is 18.9. The van der Waals surface area contributed by atoms with E-state index in [1.807, 2.05) is 6.07 Å². The van der Waals surface area contributed by atoms with Crippen molar-refractivity contribution in [2.24, 2.45) is 0 Å². The number of hydrogen-bond acceptors (Lipinski definition) is 7. The molecule has 2 heterocycles. The molecule has 0 saturated carbocycles. The molecule has 0 unspecified atom stereocenters. The SMILES string of the molecule is CCOC(=O)c1ccc(S(=O)(=O)N2CCN(C(=O)[C@@H]3Cc4ccccc4C(=O)O3)CC2)cc1. The van der Waals surface area contributed by atoms with Crippen LogP contribution in [0.3, 0.4) is 0 Å². The summed E-state index contributed by atoms with van der Waals surface area (Å²) in [6.45, 7) is 2.53. The van der Waals surface area contributed by atoms with Crippen molar-refractivity contribution >= 4 is 27.9 Å². The van der Waals surface area contributed by atoms with Crippen LogP contribution in [0.15, 0.2) is 53.4 Å². The summed E-state index contributed by atoms with van der Waals surface area (Å²) in [4.78, 5) is 38.5. The minimum atomic E-state index is -3.78. The van der Waals surface area contributed by atoms with Gasteiger partial charge < -0.3 is 14.4 Å². The highest BCUT2D eigenvalue weighted by Gasteiger charge is 2.36. The number of nitrogens with zero attached hydrogens (tertiary/aromatic N) is 2. The van der Waals surface area contributed by atoms with Crippen molar-refractivity contribution in [3.63, 3.8) is 0 Å². The van der Waals surface area contributed by atoms with Gasteiger partial charge in [-0.15, -0.1) is 0 Å². The van der Waals surface area contributed by atoms with E-state index >= 15 is 0 Å². The van der Waals surface area contributed by atoms with Crippen molar-refractivity contribution in [3.8, 4) is 0 Å². The van der Waals surface area contributed by atoms with Crippen LogP contribution in [0, 0.1) is 0 Å². The maximum absolute atomic E-state index is 13.0. The summed E-state index contributed by atoms with van der Waals surface area (Å²) in [5, 5.41) is 0. The van der Waals surface area contributed by atoms with Crippen LogP contribution in [-0.4, -0.2) is 74.4 Å². The van der Waals surface area contributed by atoms with Crippen molar-refractivity contribution in [2.45, 2.75) is 24.3 Å². The number of hydrogen-bond donors (Lipinski definition) is 0. The van der Waals surface area contributed by atoms with Gasteiger partial charge in [0.05, 0.1) is 22.6 Å². The largest absolute Gasteiger partial charge is 0.462 e. The summed E-state index contributed by atoms with van der Waals surface area (Å²) in [6, 6.07) is 12.6. The molecule has 2 aliphatic heterocycles. The van der Waals surface area contributed by atoms with E-state index in [2.05, 4.69) is 0 Å². The van der Waals surface area contributed by atoms with Gasteiger partial charge in [-0.2, -0.15) is 4.31 Å². The second-order valence-corrected chi connectivity index (χ2v) is 9.67. The van der Waals surface area contributed by atoms with Crippen LogP contribution < -0.4 is 0 Å². The summed E-state index contributed by atoms with van der Waals surface area (Å²) in [7, 11) is -3.78. The number of esters is 2. The third kappa shape index (κ3) is 4.62. The Morgan fingerprint density at radius 3 is 2.36 bits per heavy atom.